The summed E-state index contributed by atoms with van der Waals surface area (Å²) >= 11 is 6.03. The number of halogens is 2. The maximum absolute atomic E-state index is 13.0. The van der Waals surface area contributed by atoms with Crippen molar-refractivity contribution in [3.63, 3.8) is 0 Å². The molecule has 0 amide bonds. The largest absolute Gasteiger partial charge is 0.394 e. The van der Waals surface area contributed by atoms with Crippen LogP contribution in [-0.4, -0.2) is 31.5 Å². The molecule has 0 aliphatic heterocycles. The molecular weight excluding hydrogens is 257 g/mol. The van der Waals surface area contributed by atoms with E-state index in [1.807, 2.05) is 13.8 Å². The minimum absolute atomic E-state index is 0.0210. The Labute approximate surface area is 112 Å². The molecule has 18 heavy (non-hydrogen) atoms. The van der Waals surface area contributed by atoms with Gasteiger partial charge >= 0.3 is 0 Å². The minimum Gasteiger partial charge on any atom is -0.394 e. The highest BCUT2D eigenvalue weighted by Crippen LogP contribution is 2.28. The Balaban J connectivity index is 2.56. The van der Waals surface area contributed by atoms with Gasteiger partial charge in [-0.25, -0.2) is 4.39 Å². The fourth-order valence-electron chi connectivity index (χ4n) is 1.69. The van der Waals surface area contributed by atoms with Crippen LogP contribution in [0.4, 0.5) is 4.39 Å². The van der Waals surface area contributed by atoms with Crippen LogP contribution >= 0.6 is 11.6 Å². The van der Waals surface area contributed by atoms with Gasteiger partial charge < -0.3 is 15.2 Å². The van der Waals surface area contributed by atoms with Gasteiger partial charge in [0.25, 0.3) is 0 Å². The van der Waals surface area contributed by atoms with Crippen LogP contribution in [0.1, 0.15) is 19.4 Å². The summed E-state index contributed by atoms with van der Waals surface area (Å²) in [5.41, 5.74) is 0.473. The van der Waals surface area contributed by atoms with E-state index >= 15 is 0 Å². The zero-order valence-electron chi connectivity index (χ0n) is 10.7. The summed E-state index contributed by atoms with van der Waals surface area (Å²) in [4.78, 5) is 0. The molecule has 2 N–H and O–H groups in total. The van der Waals surface area contributed by atoms with E-state index in [1.165, 1.54) is 12.1 Å². The Bertz CT molecular complexity index is 385. The Hall–Kier alpha value is -0.680. The molecule has 0 atom stereocenters. The number of aliphatic hydroxyl groups excluding tert-OH is 1. The summed E-state index contributed by atoms with van der Waals surface area (Å²) in [7, 11) is 0. The summed E-state index contributed by atoms with van der Waals surface area (Å²) < 4.78 is 18.1. The first-order valence-electron chi connectivity index (χ1n) is 5.86. The van der Waals surface area contributed by atoms with Gasteiger partial charge in [0.05, 0.1) is 19.8 Å². The molecule has 1 aromatic carbocycles. The molecule has 0 fully saturated rings. The predicted octanol–water partition coefficient (Wildman–Crippen LogP) is 2.31. The van der Waals surface area contributed by atoms with E-state index in [-0.39, 0.29) is 18.0 Å². The third-order valence-electron chi connectivity index (χ3n) is 2.65. The van der Waals surface area contributed by atoms with Crippen molar-refractivity contribution >= 4 is 11.6 Å². The highest BCUT2D eigenvalue weighted by atomic mass is 35.5. The molecule has 0 heterocycles. The van der Waals surface area contributed by atoms with Gasteiger partial charge in [-0.3, -0.25) is 0 Å². The standard InChI is InChI=1S/C13H19ClFNO2/c1-13(2,16-5-7-18-8-6-17)11-4-3-10(15)9-12(11)14/h3-4,9,16-17H,5-8H2,1-2H3. The van der Waals surface area contributed by atoms with Gasteiger partial charge in [0.15, 0.2) is 0 Å². The van der Waals surface area contributed by atoms with Crippen molar-refractivity contribution in [2.75, 3.05) is 26.4 Å². The summed E-state index contributed by atoms with van der Waals surface area (Å²) in [5, 5.41) is 12.3. The third-order valence-corrected chi connectivity index (χ3v) is 2.97. The van der Waals surface area contributed by atoms with Crippen LogP contribution in [-0.2, 0) is 10.3 Å². The molecule has 0 unspecified atom stereocenters. The average molecular weight is 276 g/mol. The summed E-state index contributed by atoms with van der Waals surface area (Å²) in [6, 6.07) is 4.38. The molecule has 0 bridgehead atoms. The quantitative estimate of drug-likeness (QED) is 0.751. The van der Waals surface area contributed by atoms with Crippen LogP contribution in [0.25, 0.3) is 0 Å². The van der Waals surface area contributed by atoms with Crippen LogP contribution in [0.15, 0.2) is 18.2 Å². The van der Waals surface area contributed by atoms with E-state index in [2.05, 4.69) is 5.32 Å². The van der Waals surface area contributed by atoms with E-state index < -0.39 is 0 Å². The fraction of sp³-hybridized carbons (Fsp3) is 0.538. The van der Waals surface area contributed by atoms with Crippen LogP contribution in [0, 0.1) is 5.82 Å². The first kappa shape index (κ1) is 15.4. The van der Waals surface area contributed by atoms with Crippen LogP contribution in [0.2, 0.25) is 5.02 Å². The fourth-order valence-corrected chi connectivity index (χ4v) is 2.10. The molecule has 0 saturated heterocycles. The molecule has 1 rings (SSSR count). The predicted molar refractivity (Wildman–Crippen MR) is 70.3 cm³/mol. The van der Waals surface area contributed by atoms with Gasteiger partial charge in [-0.2, -0.15) is 0 Å². The van der Waals surface area contributed by atoms with E-state index in [0.29, 0.717) is 24.8 Å². The van der Waals surface area contributed by atoms with E-state index in [0.717, 1.165) is 5.56 Å². The van der Waals surface area contributed by atoms with Crippen LogP contribution < -0.4 is 5.32 Å². The average Bonchev–Trinajstić information content (AvgIpc) is 2.28. The topological polar surface area (TPSA) is 41.5 Å². The van der Waals surface area contributed by atoms with Gasteiger partial charge in [-0.15, -0.1) is 0 Å². The third kappa shape index (κ3) is 4.53. The van der Waals surface area contributed by atoms with Gasteiger partial charge in [0.1, 0.15) is 5.82 Å². The molecular formula is C13H19ClFNO2. The van der Waals surface area contributed by atoms with Crippen molar-refractivity contribution in [3.05, 3.63) is 34.6 Å². The van der Waals surface area contributed by atoms with Crippen molar-refractivity contribution in [2.24, 2.45) is 0 Å². The molecule has 0 spiro atoms. The first-order valence-corrected chi connectivity index (χ1v) is 6.24. The zero-order chi connectivity index (χ0) is 13.6. The van der Waals surface area contributed by atoms with Gasteiger partial charge in [-0.05, 0) is 31.5 Å². The highest BCUT2D eigenvalue weighted by Gasteiger charge is 2.22. The van der Waals surface area contributed by atoms with E-state index in [1.54, 1.807) is 6.07 Å². The van der Waals surface area contributed by atoms with E-state index in [4.69, 9.17) is 21.4 Å². The summed E-state index contributed by atoms with van der Waals surface area (Å²) in [6.07, 6.45) is 0. The highest BCUT2D eigenvalue weighted by molar-refractivity contribution is 6.31. The monoisotopic (exact) mass is 275 g/mol. The number of hydrogen-bond donors (Lipinski definition) is 2. The normalized spacial score (nSPS) is 11.8. The maximum atomic E-state index is 13.0. The molecule has 5 heteroatoms. The number of ether oxygens (including phenoxy) is 1. The number of hydrogen-bond acceptors (Lipinski definition) is 3. The lowest BCUT2D eigenvalue weighted by atomic mass is 9.94. The molecule has 0 saturated carbocycles. The Kier molecular flexibility index (Phi) is 6.02. The minimum atomic E-state index is -0.368. The Morgan fingerprint density at radius 1 is 1.39 bits per heavy atom. The van der Waals surface area contributed by atoms with Crippen LogP contribution in [0.3, 0.4) is 0 Å². The first-order chi connectivity index (χ1) is 8.47. The van der Waals surface area contributed by atoms with Crippen molar-refractivity contribution in [1.82, 2.24) is 5.32 Å². The molecule has 3 nitrogen and oxygen atoms in total. The smallest absolute Gasteiger partial charge is 0.124 e. The molecule has 0 aliphatic carbocycles. The van der Waals surface area contributed by atoms with E-state index in [9.17, 15) is 4.39 Å². The van der Waals surface area contributed by atoms with Crippen molar-refractivity contribution in [1.29, 1.82) is 0 Å². The lowest BCUT2D eigenvalue weighted by Gasteiger charge is -2.28. The van der Waals surface area contributed by atoms with Crippen LogP contribution in [0.5, 0.6) is 0 Å². The number of nitrogens with one attached hydrogen (secondary N) is 1. The molecule has 1 aromatic rings. The molecule has 102 valence electrons. The van der Waals surface area contributed by atoms with Crippen molar-refractivity contribution < 1.29 is 14.2 Å². The van der Waals surface area contributed by atoms with Gasteiger partial charge in [0.2, 0.25) is 0 Å². The van der Waals surface area contributed by atoms with Gasteiger partial charge in [0, 0.05) is 17.1 Å². The molecule has 0 radical (unpaired) electrons. The molecule has 0 aromatic heterocycles. The zero-order valence-corrected chi connectivity index (χ0v) is 11.4. The molecule has 0 aliphatic rings. The SMILES string of the molecule is CC(C)(NCCOCCO)c1ccc(F)cc1Cl. The van der Waals surface area contributed by atoms with Gasteiger partial charge in [-0.1, -0.05) is 17.7 Å². The maximum Gasteiger partial charge on any atom is 0.124 e. The second kappa shape index (κ2) is 7.04. The Morgan fingerprint density at radius 2 is 2.11 bits per heavy atom. The lowest BCUT2D eigenvalue weighted by molar-refractivity contribution is 0.0903. The lowest BCUT2D eigenvalue weighted by Crippen LogP contribution is -2.39. The summed E-state index contributed by atoms with van der Waals surface area (Å²) in [5.74, 6) is -0.342. The number of rotatable bonds is 7. The Morgan fingerprint density at radius 3 is 2.72 bits per heavy atom. The number of aliphatic hydroxyl groups is 1. The van der Waals surface area contributed by atoms with Crippen molar-refractivity contribution in [2.45, 2.75) is 19.4 Å². The summed E-state index contributed by atoms with van der Waals surface area (Å²) in [6.45, 7) is 5.42. The second-order valence-corrected chi connectivity index (χ2v) is 4.92. The van der Waals surface area contributed by atoms with Crippen molar-refractivity contribution in [3.8, 4) is 0 Å². The second-order valence-electron chi connectivity index (χ2n) is 4.51. The number of benzene rings is 1.